The van der Waals surface area contributed by atoms with Gasteiger partial charge in [0.05, 0.1) is 19.3 Å². The lowest BCUT2D eigenvalue weighted by Gasteiger charge is -2.43. The van der Waals surface area contributed by atoms with E-state index in [-0.39, 0.29) is 5.60 Å². The lowest BCUT2D eigenvalue weighted by Crippen LogP contribution is -2.45. The lowest BCUT2D eigenvalue weighted by molar-refractivity contribution is -0.0839. The van der Waals surface area contributed by atoms with Gasteiger partial charge < -0.3 is 14.6 Å². The summed E-state index contributed by atoms with van der Waals surface area (Å²) in [4.78, 5) is 0. The van der Waals surface area contributed by atoms with Crippen molar-refractivity contribution in [3.05, 3.63) is 28.2 Å². The van der Waals surface area contributed by atoms with E-state index in [4.69, 9.17) is 9.47 Å². The molecule has 0 bridgehead atoms. The number of aliphatic hydroxyl groups is 1. The van der Waals surface area contributed by atoms with Crippen LogP contribution < -0.4 is 4.74 Å². The molecule has 0 saturated carbocycles. The Hall–Kier alpha value is -0.580. The fourth-order valence-electron chi connectivity index (χ4n) is 2.66. The Morgan fingerprint density at radius 3 is 2.82 bits per heavy atom. The first-order chi connectivity index (χ1) is 8.19. The van der Waals surface area contributed by atoms with E-state index >= 15 is 0 Å². The largest absolute Gasteiger partial charge is 0.487 e. The molecule has 0 radical (unpaired) electrons. The molecule has 1 saturated heterocycles. The minimum absolute atomic E-state index is 0.231. The number of hydrogen-bond donors (Lipinski definition) is 1. The molecule has 3 rings (SSSR count). The summed E-state index contributed by atoms with van der Waals surface area (Å²) in [5.74, 6) is 0.806. The third-order valence-electron chi connectivity index (χ3n) is 3.63. The molecule has 1 fully saturated rings. The van der Waals surface area contributed by atoms with Crippen LogP contribution in [0.4, 0.5) is 0 Å². The number of halogens is 1. The highest BCUT2D eigenvalue weighted by Crippen LogP contribution is 2.44. The van der Waals surface area contributed by atoms with Crippen molar-refractivity contribution in [1.82, 2.24) is 0 Å². The smallest absolute Gasteiger partial charge is 0.127 e. The fourth-order valence-corrected chi connectivity index (χ4v) is 3.00. The summed E-state index contributed by atoms with van der Waals surface area (Å²) >= 11 is 3.44. The van der Waals surface area contributed by atoms with Crippen LogP contribution in [0.2, 0.25) is 0 Å². The van der Waals surface area contributed by atoms with Crippen LogP contribution in [0.1, 0.15) is 30.9 Å². The molecule has 1 spiro atoms. The number of rotatable bonds is 0. The lowest BCUT2D eigenvalue weighted by atomic mass is 9.83. The summed E-state index contributed by atoms with van der Waals surface area (Å²) < 4.78 is 12.5. The van der Waals surface area contributed by atoms with Crippen molar-refractivity contribution >= 4 is 15.9 Å². The van der Waals surface area contributed by atoms with Crippen LogP contribution in [-0.2, 0) is 4.74 Å². The predicted octanol–water partition coefficient (Wildman–Crippen LogP) is 2.81. The van der Waals surface area contributed by atoms with Crippen molar-refractivity contribution in [1.29, 1.82) is 0 Å². The maximum Gasteiger partial charge on any atom is 0.127 e. The zero-order valence-corrected chi connectivity index (χ0v) is 11.1. The van der Waals surface area contributed by atoms with Crippen LogP contribution in [0.5, 0.6) is 5.75 Å². The van der Waals surface area contributed by atoms with E-state index in [1.54, 1.807) is 0 Å². The van der Waals surface area contributed by atoms with Gasteiger partial charge in [-0.1, -0.05) is 22.0 Å². The second kappa shape index (κ2) is 4.26. The number of fused-ring (bicyclic) bond motifs is 1. The molecule has 1 atom stereocenters. The Labute approximate surface area is 109 Å². The molecule has 2 aliphatic rings. The standard InChI is InChI=1S/C13H15BrO3/c14-9-1-2-10-11(15)8-13(17-12(10)7-9)3-5-16-6-4-13/h1-2,7,11,15H,3-6,8H2/t11-/m1/s1. The highest BCUT2D eigenvalue weighted by Gasteiger charge is 2.41. The molecule has 3 nitrogen and oxygen atoms in total. The summed E-state index contributed by atoms with van der Waals surface area (Å²) in [7, 11) is 0. The van der Waals surface area contributed by atoms with Gasteiger partial charge >= 0.3 is 0 Å². The molecule has 17 heavy (non-hydrogen) atoms. The van der Waals surface area contributed by atoms with Crippen LogP contribution in [-0.4, -0.2) is 23.9 Å². The van der Waals surface area contributed by atoms with Gasteiger partial charge in [0.25, 0.3) is 0 Å². The van der Waals surface area contributed by atoms with Crippen LogP contribution in [0.25, 0.3) is 0 Å². The summed E-state index contributed by atoms with van der Waals surface area (Å²) in [5, 5.41) is 10.2. The summed E-state index contributed by atoms with van der Waals surface area (Å²) in [5.41, 5.74) is 0.663. The molecule has 4 heteroatoms. The molecule has 0 unspecified atom stereocenters. The number of hydrogen-bond acceptors (Lipinski definition) is 3. The first-order valence-corrected chi connectivity index (χ1v) is 6.72. The zero-order valence-electron chi connectivity index (χ0n) is 9.49. The van der Waals surface area contributed by atoms with Gasteiger partial charge in [-0.25, -0.2) is 0 Å². The highest BCUT2D eigenvalue weighted by molar-refractivity contribution is 9.10. The fraction of sp³-hybridized carbons (Fsp3) is 0.538. The second-order valence-corrected chi connectivity index (χ2v) is 5.72. The van der Waals surface area contributed by atoms with Gasteiger partial charge in [-0.15, -0.1) is 0 Å². The van der Waals surface area contributed by atoms with Gasteiger partial charge in [-0.05, 0) is 12.1 Å². The minimum Gasteiger partial charge on any atom is -0.487 e. The molecule has 0 aliphatic carbocycles. The minimum atomic E-state index is -0.426. The Morgan fingerprint density at radius 1 is 1.29 bits per heavy atom. The van der Waals surface area contributed by atoms with Crippen LogP contribution >= 0.6 is 15.9 Å². The SMILES string of the molecule is O[C@@H]1CC2(CCOCC2)Oc2cc(Br)ccc21. The average molecular weight is 299 g/mol. The Morgan fingerprint density at radius 2 is 2.06 bits per heavy atom. The summed E-state index contributed by atoms with van der Waals surface area (Å²) in [6.07, 6.45) is 1.96. The van der Waals surface area contributed by atoms with E-state index < -0.39 is 6.10 Å². The molecular weight excluding hydrogens is 284 g/mol. The van der Waals surface area contributed by atoms with Gasteiger partial charge in [-0.2, -0.15) is 0 Å². The molecule has 2 aliphatic heterocycles. The van der Waals surface area contributed by atoms with E-state index in [2.05, 4.69) is 15.9 Å². The van der Waals surface area contributed by atoms with Crippen LogP contribution in [0.3, 0.4) is 0 Å². The first-order valence-electron chi connectivity index (χ1n) is 5.93. The van der Waals surface area contributed by atoms with Crippen molar-refractivity contribution in [3.63, 3.8) is 0 Å². The molecule has 0 aromatic heterocycles. The Kier molecular flexibility index (Phi) is 2.89. The number of benzene rings is 1. The van der Waals surface area contributed by atoms with Crippen molar-refractivity contribution in [2.75, 3.05) is 13.2 Å². The average Bonchev–Trinajstić information content (AvgIpc) is 2.29. The molecular formula is C13H15BrO3. The molecule has 2 heterocycles. The zero-order chi connectivity index (χ0) is 11.9. The van der Waals surface area contributed by atoms with Crippen molar-refractivity contribution < 1.29 is 14.6 Å². The summed E-state index contributed by atoms with van der Waals surface area (Å²) in [6, 6.07) is 5.80. The molecule has 1 N–H and O–H groups in total. The third-order valence-corrected chi connectivity index (χ3v) is 4.12. The van der Waals surface area contributed by atoms with Gasteiger partial charge in [0.15, 0.2) is 0 Å². The number of aliphatic hydroxyl groups excluding tert-OH is 1. The predicted molar refractivity (Wildman–Crippen MR) is 67.1 cm³/mol. The second-order valence-electron chi connectivity index (χ2n) is 4.80. The van der Waals surface area contributed by atoms with Gasteiger partial charge in [0.1, 0.15) is 11.4 Å². The van der Waals surface area contributed by atoms with Crippen molar-refractivity contribution in [2.24, 2.45) is 0 Å². The maximum atomic E-state index is 10.2. The Balaban J connectivity index is 1.95. The molecule has 0 amide bonds. The van der Waals surface area contributed by atoms with E-state index in [1.807, 2.05) is 18.2 Å². The van der Waals surface area contributed by atoms with Gasteiger partial charge in [0.2, 0.25) is 0 Å². The monoisotopic (exact) mass is 298 g/mol. The normalized spacial score (nSPS) is 26.4. The van der Waals surface area contributed by atoms with Crippen molar-refractivity contribution in [2.45, 2.75) is 31.0 Å². The van der Waals surface area contributed by atoms with Crippen LogP contribution in [0, 0.1) is 0 Å². The van der Waals surface area contributed by atoms with E-state index in [9.17, 15) is 5.11 Å². The molecule has 92 valence electrons. The first kappa shape index (κ1) is 11.5. The quantitative estimate of drug-likeness (QED) is 0.800. The Bertz CT molecular complexity index is 427. The van der Waals surface area contributed by atoms with E-state index in [0.29, 0.717) is 6.42 Å². The summed E-state index contributed by atoms with van der Waals surface area (Å²) in [6.45, 7) is 1.44. The van der Waals surface area contributed by atoms with Crippen LogP contribution in [0.15, 0.2) is 22.7 Å². The van der Waals surface area contributed by atoms with E-state index in [0.717, 1.165) is 41.8 Å². The maximum absolute atomic E-state index is 10.2. The van der Waals surface area contributed by atoms with Gasteiger partial charge in [0, 0.05) is 29.3 Å². The van der Waals surface area contributed by atoms with Gasteiger partial charge in [-0.3, -0.25) is 0 Å². The van der Waals surface area contributed by atoms with E-state index in [1.165, 1.54) is 0 Å². The molecule has 1 aromatic carbocycles. The third kappa shape index (κ3) is 2.09. The highest BCUT2D eigenvalue weighted by atomic mass is 79.9. The molecule has 1 aromatic rings. The van der Waals surface area contributed by atoms with Crippen molar-refractivity contribution in [3.8, 4) is 5.75 Å². The number of ether oxygens (including phenoxy) is 2. The topological polar surface area (TPSA) is 38.7 Å².